The average molecular weight is 448 g/mol. The first-order valence-corrected chi connectivity index (χ1v) is 9.37. The summed E-state index contributed by atoms with van der Waals surface area (Å²) in [5.74, 6) is -0.134. The Hall–Kier alpha value is 2.61. The van der Waals surface area contributed by atoms with Gasteiger partial charge in [0.05, 0.1) is 21.5 Å². The van der Waals surface area contributed by atoms with Gasteiger partial charge in [0.2, 0.25) is 0 Å². The van der Waals surface area contributed by atoms with Crippen LogP contribution in [0.15, 0.2) is 0 Å². The van der Waals surface area contributed by atoms with E-state index in [9.17, 15) is 0 Å². The zero-order valence-electron chi connectivity index (χ0n) is 9.20. The second-order valence-corrected chi connectivity index (χ2v) is 9.45. The average Bonchev–Trinajstić information content (AvgIpc) is 2.63. The highest BCUT2D eigenvalue weighted by molar-refractivity contribution is 6.57. The van der Waals surface area contributed by atoms with E-state index in [1.165, 1.54) is 0 Å². The number of hydrogen-bond donors (Lipinski definition) is 0. The minimum atomic E-state index is -1.46. The van der Waals surface area contributed by atoms with Crippen molar-refractivity contribution in [3.63, 3.8) is 0 Å². The van der Waals surface area contributed by atoms with Crippen LogP contribution in [-0.4, -0.2) is 37.1 Å². The maximum absolute atomic E-state index is 6.47. The van der Waals surface area contributed by atoms with Crippen LogP contribution in [0.5, 0.6) is 0 Å². The molecular weight excluding hydrogens is 439 g/mol. The summed E-state index contributed by atoms with van der Waals surface area (Å²) in [5.41, 5.74) is -2.00. The predicted molar refractivity (Wildman–Crippen MR) is 88.7 cm³/mol. The van der Waals surface area contributed by atoms with E-state index in [0.29, 0.717) is 0 Å². The molecule has 0 aromatic rings. The lowest BCUT2D eigenvalue weighted by molar-refractivity contribution is 0.148. The van der Waals surface area contributed by atoms with Crippen molar-refractivity contribution in [2.45, 2.75) is 25.3 Å². The molecule has 0 nitrogen and oxygen atoms in total. The molecule has 0 unspecified atom stereocenters. The van der Waals surface area contributed by atoms with Gasteiger partial charge in [-0.2, -0.15) is 0 Å². The van der Waals surface area contributed by atoms with Gasteiger partial charge in [-0.25, -0.2) is 0 Å². The van der Waals surface area contributed by atoms with Gasteiger partial charge in [-0.15, -0.1) is 81.2 Å². The molecule has 0 spiro atoms. The molecule has 5 atom stereocenters. The van der Waals surface area contributed by atoms with Crippen molar-refractivity contribution >= 4 is 104 Å². The standard InChI is InChI=1S/C10H9Cl9/c11-1-8(2-12)3-4(13)6(15)9(8,7(16)17)10(18,19)5(3)14/h3-7H,1-2H2/t3-,4-,5+,6+,9-/m0/s1. The van der Waals surface area contributed by atoms with Crippen LogP contribution in [0.4, 0.5) is 0 Å². The first kappa shape index (κ1) is 18.0. The summed E-state index contributed by atoms with van der Waals surface area (Å²) in [6, 6.07) is 0. The lowest BCUT2D eigenvalue weighted by Gasteiger charge is -2.49. The largest absolute Gasteiger partial charge is 0.145 e. The highest BCUT2D eigenvalue weighted by atomic mass is 35.5. The summed E-state index contributed by atoms with van der Waals surface area (Å²) in [4.78, 5) is -1.00. The lowest BCUT2D eigenvalue weighted by Crippen LogP contribution is -2.59. The van der Waals surface area contributed by atoms with Crippen LogP contribution in [0.3, 0.4) is 0 Å². The van der Waals surface area contributed by atoms with E-state index in [4.69, 9.17) is 104 Å². The van der Waals surface area contributed by atoms with Gasteiger partial charge in [0.1, 0.15) is 9.17 Å². The minimum absolute atomic E-state index is 0.119. The van der Waals surface area contributed by atoms with Crippen molar-refractivity contribution in [1.82, 2.24) is 0 Å². The smallest absolute Gasteiger partial charge is 0.126 e. The van der Waals surface area contributed by atoms with Crippen molar-refractivity contribution in [3.05, 3.63) is 0 Å². The molecule has 2 aliphatic carbocycles. The Bertz CT molecular complexity index is 366. The number of fused-ring (bicyclic) bond motifs is 2. The third kappa shape index (κ3) is 1.82. The molecule has 0 N–H and O–H groups in total. The molecule has 112 valence electrons. The number of hydrogen-bond acceptors (Lipinski definition) is 0. The molecule has 2 aliphatic rings. The SMILES string of the molecule is ClCC1(CCl)[C@H]2[C@H](Cl)[C@@H](Cl)[C@@]1(C(Cl)Cl)C(Cl)(Cl)[C@@H]2Cl. The van der Waals surface area contributed by atoms with Crippen molar-refractivity contribution in [1.29, 1.82) is 0 Å². The maximum Gasteiger partial charge on any atom is 0.145 e. The van der Waals surface area contributed by atoms with Crippen molar-refractivity contribution in [2.75, 3.05) is 11.8 Å². The zero-order chi connectivity index (χ0) is 14.8. The van der Waals surface area contributed by atoms with E-state index in [0.717, 1.165) is 0 Å². The fourth-order valence-corrected chi connectivity index (χ4v) is 9.23. The maximum atomic E-state index is 6.47. The molecule has 0 amide bonds. The van der Waals surface area contributed by atoms with Gasteiger partial charge in [0, 0.05) is 23.1 Å². The Morgan fingerprint density at radius 1 is 0.895 bits per heavy atom. The molecule has 0 radical (unpaired) electrons. The number of rotatable bonds is 3. The highest BCUT2D eigenvalue weighted by Gasteiger charge is 2.85. The van der Waals surface area contributed by atoms with Crippen LogP contribution < -0.4 is 0 Å². The molecule has 2 bridgehead atoms. The van der Waals surface area contributed by atoms with E-state index in [1.54, 1.807) is 0 Å². The second kappa shape index (κ2) is 5.60. The fraction of sp³-hybridized carbons (Fsp3) is 1.00. The quantitative estimate of drug-likeness (QED) is 0.473. The summed E-state index contributed by atoms with van der Waals surface area (Å²) in [6.45, 7) is 0. The predicted octanol–water partition coefficient (Wildman–Crippen LogP) is 5.88. The molecule has 0 heterocycles. The van der Waals surface area contributed by atoms with Gasteiger partial charge in [-0.3, -0.25) is 0 Å². The molecule has 2 fully saturated rings. The molecule has 0 aromatic heterocycles. The third-order valence-corrected chi connectivity index (χ3v) is 9.38. The van der Waals surface area contributed by atoms with Gasteiger partial charge in [0.25, 0.3) is 0 Å². The Labute approximate surface area is 157 Å². The van der Waals surface area contributed by atoms with Crippen molar-refractivity contribution < 1.29 is 0 Å². The van der Waals surface area contributed by atoms with Crippen molar-refractivity contribution in [2.24, 2.45) is 16.7 Å². The molecule has 19 heavy (non-hydrogen) atoms. The monoisotopic (exact) mass is 444 g/mol. The second-order valence-electron chi connectivity index (χ2n) is 4.99. The Kier molecular flexibility index (Phi) is 5.30. The zero-order valence-corrected chi connectivity index (χ0v) is 16.0. The topological polar surface area (TPSA) is 0 Å². The molecule has 2 rings (SSSR count). The number of halogens is 9. The Morgan fingerprint density at radius 3 is 1.68 bits per heavy atom. The van der Waals surface area contributed by atoms with Gasteiger partial charge >= 0.3 is 0 Å². The molecule has 9 heteroatoms. The van der Waals surface area contributed by atoms with Gasteiger partial charge in [-0.05, 0) is 0 Å². The molecule has 0 saturated heterocycles. The lowest BCUT2D eigenvalue weighted by atomic mass is 9.69. The van der Waals surface area contributed by atoms with Gasteiger partial charge in [-0.1, -0.05) is 23.2 Å². The van der Waals surface area contributed by atoms with Crippen LogP contribution >= 0.6 is 104 Å². The van der Waals surface area contributed by atoms with Gasteiger partial charge in [0.15, 0.2) is 0 Å². The Morgan fingerprint density at radius 2 is 1.37 bits per heavy atom. The van der Waals surface area contributed by atoms with Crippen LogP contribution in [0, 0.1) is 16.7 Å². The summed E-state index contributed by atoms with van der Waals surface area (Å²) >= 11 is 56.9. The van der Waals surface area contributed by atoms with E-state index < -0.39 is 36.1 Å². The van der Waals surface area contributed by atoms with E-state index in [-0.39, 0.29) is 17.7 Å². The first-order valence-electron chi connectivity index (χ1n) is 5.37. The van der Waals surface area contributed by atoms with Crippen molar-refractivity contribution in [3.8, 4) is 0 Å². The molecular formula is C10H9Cl9. The number of alkyl halides is 9. The summed E-state index contributed by atoms with van der Waals surface area (Å²) < 4.78 is -1.46. The minimum Gasteiger partial charge on any atom is -0.126 e. The van der Waals surface area contributed by atoms with E-state index in [1.807, 2.05) is 0 Å². The molecule has 2 saturated carbocycles. The van der Waals surface area contributed by atoms with E-state index in [2.05, 4.69) is 0 Å². The fourth-order valence-electron chi connectivity index (χ4n) is 3.62. The highest BCUT2D eigenvalue weighted by Crippen LogP contribution is 2.79. The van der Waals surface area contributed by atoms with E-state index >= 15 is 0 Å². The molecule has 0 aliphatic heterocycles. The normalized spacial score (nSPS) is 47.1. The molecule has 0 aromatic carbocycles. The third-order valence-electron chi connectivity index (χ3n) is 4.55. The Balaban J connectivity index is 2.76. The van der Waals surface area contributed by atoms with Crippen LogP contribution in [0.1, 0.15) is 0 Å². The summed E-state index contributed by atoms with van der Waals surface area (Å²) in [7, 11) is 0. The van der Waals surface area contributed by atoms with Crippen LogP contribution in [0.2, 0.25) is 0 Å². The van der Waals surface area contributed by atoms with Gasteiger partial charge < -0.3 is 0 Å². The summed E-state index contributed by atoms with van der Waals surface area (Å²) in [6.07, 6.45) is 0. The van der Waals surface area contributed by atoms with Crippen LogP contribution in [0.25, 0.3) is 0 Å². The first-order chi connectivity index (χ1) is 8.66. The van der Waals surface area contributed by atoms with Crippen LogP contribution in [-0.2, 0) is 0 Å². The summed E-state index contributed by atoms with van der Waals surface area (Å²) in [5, 5.41) is -1.88.